The highest BCUT2D eigenvalue weighted by Crippen LogP contribution is 2.32. The highest BCUT2D eigenvalue weighted by molar-refractivity contribution is 5.96. The molecule has 2 heterocycles. The van der Waals surface area contributed by atoms with E-state index in [9.17, 15) is 9.59 Å². The average molecular weight is 292 g/mol. The monoisotopic (exact) mass is 292 g/mol. The van der Waals surface area contributed by atoms with Crippen molar-refractivity contribution in [1.29, 1.82) is 0 Å². The fraction of sp³-hybridized carbons (Fsp3) is 0.429. The first kappa shape index (κ1) is 13.7. The smallest absolute Gasteiger partial charge is 0.269 e. The van der Waals surface area contributed by atoms with Crippen LogP contribution in [0.2, 0.25) is 0 Å². The zero-order chi connectivity index (χ0) is 14.7. The average Bonchev–Trinajstić information content (AvgIpc) is 3.14. The van der Waals surface area contributed by atoms with E-state index in [0.717, 1.165) is 12.8 Å². The topological polar surface area (TPSA) is 85.9 Å². The summed E-state index contributed by atoms with van der Waals surface area (Å²) >= 11 is 0. The van der Waals surface area contributed by atoms with Crippen LogP contribution in [0.3, 0.4) is 0 Å². The second-order valence-corrected chi connectivity index (χ2v) is 4.91. The first-order valence-corrected chi connectivity index (χ1v) is 6.83. The third-order valence-corrected chi connectivity index (χ3v) is 3.39. The summed E-state index contributed by atoms with van der Waals surface area (Å²) in [6.07, 6.45) is 2.05. The van der Waals surface area contributed by atoms with Crippen LogP contribution in [0, 0.1) is 0 Å². The molecule has 2 aliphatic heterocycles. The van der Waals surface area contributed by atoms with Crippen LogP contribution in [-0.2, 0) is 9.53 Å². The lowest BCUT2D eigenvalue weighted by atomic mass is 10.2. The molecule has 1 aromatic rings. The summed E-state index contributed by atoms with van der Waals surface area (Å²) < 4.78 is 15.7. The van der Waals surface area contributed by atoms with Gasteiger partial charge < -0.3 is 14.2 Å². The minimum atomic E-state index is -0.408. The molecule has 7 nitrogen and oxygen atoms in total. The van der Waals surface area contributed by atoms with Crippen molar-refractivity contribution in [3.63, 3.8) is 0 Å². The van der Waals surface area contributed by atoms with Gasteiger partial charge in [0.1, 0.15) is 0 Å². The standard InChI is InChI=1S/C14H16N2O5/c17-13(7-10-2-1-5-19-10)15-16-14(18)9-3-4-11-12(6-9)21-8-20-11/h3-4,6,10H,1-2,5,7-8H2,(H,15,17)(H,16,18). The molecule has 0 aromatic heterocycles. The summed E-state index contributed by atoms with van der Waals surface area (Å²) in [5, 5.41) is 0. The molecule has 21 heavy (non-hydrogen) atoms. The van der Waals surface area contributed by atoms with Gasteiger partial charge in [-0.1, -0.05) is 0 Å². The maximum absolute atomic E-state index is 11.9. The fourth-order valence-electron chi connectivity index (χ4n) is 2.30. The lowest BCUT2D eigenvalue weighted by Crippen LogP contribution is -2.42. The Hall–Kier alpha value is -2.28. The highest BCUT2D eigenvalue weighted by Gasteiger charge is 2.20. The summed E-state index contributed by atoms with van der Waals surface area (Å²) in [5.74, 6) is 0.451. The molecule has 0 spiro atoms. The normalized spacial score (nSPS) is 19.3. The molecule has 0 aliphatic carbocycles. The van der Waals surface area contributed by atoms with Crippen LogP contribution in [0.15, 0.2) is 18.2 Å². The molecule has 1 fully saturated rings. The van der Waals surface area contributed by atoms with Crippen LogP contribution < -0.4 is 20.3 Å². The fourth-order valence-corrected chi connectivity index (χ4v) is 2.30. The number of hydrogen-bond acceptors (Lipinski definition) is 5. The van der Waals surface area contributed by atoms with Crippen molar-refractivity contribution in [3.05, 3.63) is 23.8 Å². The minimum Gasteiger partial charge on any atom is -0.454 e. The number of amides is 2. The Morgan fingerprint density at radius 2 is 2.05 bits per heavy atom. The Bertz CT molecular complexity index is 554. The van der Waals surface area contributed by atoms with Crippen molar-refractivity contribution in [1.82, 2.24) is 10.9 Å². The Morgan fingerprint density at radius 3 is 2.86 bits per heavy atom. The number of rotatable bonds is 3. The van der Waals surface area contributed by atoms with Crippen molar-refractivity contribution in [3.8, 4) is 11.5 Å². The molecule has 0 bridgehead atoms. The predicted octanol–water partition coefficient (Wildman–Crippen LogP) is 0.745. The predicted molar refractivity (Wildman–Crippen MR) is 71.8 cm³/mol. The third kappa shape index (κ3) is 3.25. The van der Waals surface area contributed by atoms with Gasteiger partial charge in [0, 0.05) is 12.2 Å². The van der Waals surface area contributed by atoms with Crippen LogP contribution in [0.5, 0.6) is 11.5 Å². The largest absolute Gasteiger partial charge is 0.454 e. The molecule has 3 rings (SSSR count). The molecule has 0 radical (unpaired) electrons. The summed E-state index contributed by atoms with van der Waals surface area (Å²) in [6, 6.07) is 4.84. The second kappa shape index (κ2) is 6.01. The molecule has 7 heteroatoms. The Balaban J connectivity index is 1.50. The Kier molecular flexibility index (Phi) is 3.92. The van der Waals surface area contributed by atoms with Crippen LogP contribution in [0.1, 0.15) is 29.6 Å². The van der Waals surface area contributed by atoms with E-state index in [0.29, 0.717) is 23.7 Å². The van der Waals surface area contributed by atoms with E-state index in [2.05, 4.69) is 10.9 Å². The van der Waals surface area contributed by atoms with E-state index >= 15 is 0 Å². The van der Waals surface area contributed by atoms with Crippen molar-refractivity contribution in [2.75, 3.05) is 13.4 Å². The number of hydrazine groups is 1. The molecule has 1 unspecified atom stereocenters. The van der Waals surface area contributed by atoms with Gasteiger partial charge in [0.25, 0.3) is 5.91 Å². The number of fused-ring (bicyclic) bond motifs is 1. The van der Waals surface area contributed by atoms with Gasteiger partial charge in [0.2, 0.25) is 12.7 Å². The maximum atomic E-state index is 11.9. The highest BCUT2D eigenvalue weighted by atomic mass is 16.7. The molecule has 0 saturated carbocycles. The first-order chi connectivity index (χ1) is 10.2. The summed E-state index contributed by atoms with van der Waals surface area (Å²) in [7, 11) is 0. The number of nitrogens with one attached hydrogen (secondary N) is 2. The lowest BCUT2D eigenvalue weighted by molar-refractivity contribution is -0.124. The van der Waals surface area contributed by atoms with Gasteiger partial charge in [0.15, 0.2) is 11.5 Å². The number of hydrogen-bond donors (Lipinski definition) is 2. The number of benzene rings is 1. The van der Waals surface area contributed by atoms with Gasteiger partial charge in [-0.2, -0.15) is 0 Å². The van der Waals surface area contributed by atoms with Crippen LogP contribution in [0.25, 0.3) is 0 Å². The van der Waals surface area contributed by atoms with Gasteiger partial charge in [-0.15, -0.1) is 0 Å². The molecule has 2 aliphatic rings. The van der Waals surface area contributed by atoms with Crippen LogP contribution >= 0.6 is 0 Å². The van der Waals surface area contributed by atoms with E-state index < -0.39 is 5.91 Å². The SMILES string of the molecule is O=C(CC1CCCO1)NNC(=O)c1ccc2c(c1)OCO2. The van der Waals surface area contributed by atoms with E-state index in [1.165, 1.54) is 0 Å². The molecule has 2 N–H and O–H groups in total. The third-order valence-electron chi connectivity index (χ3n) is 3.39. The van der Waals surface area contributed by atoms with E-state index in [1.54, 1.807) is 18.2 Å². The number of ether oxygens (including phenoxy) is 3. The molecule has 1 aromatic carbocycles. The van der Waals surface area contributed by atoms with E-state index in [-0.39, 0.29) is 25.2 Å². The van der Waals surface area contributed by atoms with Crippen molar-refractivity contribution < 1.29 is 23.8 Å². The number of carbonyl (C=O) groups is 2. The molecule has 1 atom stereocenters. The van der Waals surface area contributed by atoms with Crippen molar-refractivity contribution in [2.45, 2.75) is 25.4 Å². The molecular formula is C14H16N2O5. The van der Waals surface area contributed by atoms with E-state index in [4.69, 9.17) is 14.2 Å². The van der Waals surface area contributed by atoms with Crippen molar-refractivity contribution >= 4 is 11.8 Å². The number of carbonyl (C=O) groups excluding carboxylic acids is 2. The zero-order valence-electron chi connectivity index (χ0n) is 11.4. The van der Waals surface area contributed by atoms with Crippen LogP contribution in [0.4, 0.5) is 0 Å². The van der Waals surface area contributed by atoms with Gasteiger partial charge in [-0.3, -0.25) is 20.4 Å². The summed E-state index contributed by atoms with van der Waals surface area (Å²) in [4.78, 5) is 23.6. The van der Waals surface area contributed by atoms with Gasteiger partial charge in [-0.05, 0) is 31.0 Å². The Morgan fingerprint density at radius 1 is 1.19 bits per heavy atom. The zero-order valence-corrected chi connectivity index (χ0v) is 11.4. The molecule has 2 amide bonds. The first-order valence-electron chi connectivity index (χ1n) is 6.83. The molecular weight excluding hydrogens is 276 g/mol. The van der Waals surface area contributed by atoms with Crippen LogP contribution in [-0.4, -0.2) is 31.3 Å². The quantitative estimate of drug-likeness (QED) is 0.803. The van der Waals surface area contributed by atoms with Gasteiger partial charge >= 0.3 is 0 Å². The summed E-state index contributed by atoms with van der Waals surface area (Å²) in [6.45, 7) is 0.847. The molecule has 112 valence electrons. The Labute approximate surface area is 121 Å². The lowest BCUT2D eigenvalue weighted by Gasteiger charge is -2.11. The van der Waals surface area contributed by atoms with Crippen molar-refractivity contribution in [2.24, 2.45) is 0 Å². The summed E-state index contributed by atoms with van der Waals surface area (Å²) in [5.41, 5.74) is 5.14. The minimum absolute atomic E-state index is 0.0487. The van der Waals surface area contributed by atoms with E-state index in [1.807, 2.05) is 0 Å². The van der Waals surface area contributed by atoms with Gasteiger partial charge in [-0.25, -0.2) is 0 Å². The van der Waals surface area contributed by atoms with Gasteiger partial charge in [0.05, 0.1) is 12.5 Å². The molecule has 1 saturated heterocycles. The maximum Gasteiger partial charge on any atom is 0.269 e. The second-order valence-electron chi connectivity index (χ2n) is 4.91.